The van der Waals surface area contributed by atoms with Gasteiger partial charge in [-0.1, -0.05) is 6.07 Å². The fourth-order valence-electron chi connectivity index (χ4n) is 3.71. The largest absolute Gasteiger partial charge is 0.490 e. The smallest absolute Gasteiger partial charge is 0.246 e. The summed E-state index contributed by atoms with van der Waals surface area (Å²) in [6.45, 7) is 5.57. The van der Waals surface area contributed by atoms with Crippen LogP contribution in [0.5, 0.6) is 17.2 Å². The van der Waals surface area contributed by atoms with Crippen molar-refractivity contribution >= 4 is 17.9 Å². The van der Waals surface area contributed by atoms with Crippen LogP contribution in [-0.2, 0) is 4.79 Å². The van der Waals surface area contributed by atoms with E-state index in [9.17, 15) is 9.18 Å². The molecule has 1 aliphatic rings. The van der Waals surface area contributed by atoms with Gasteiger partial charge in [-0.05, 0) is 61.0 Å². The number of nitrogens with zero attached hydrogens (tertiary/aromatic N) is 4. The maximum absolute atomic E-state index is 13.0. The average molecular weight is 493 g/mol. The fourth-order valence-corrected chi connectivity index (χ4v) is 3.71. The van der Waals surface area contributed by atoms with Crippen molar-refractivity contribution < 1.29 is 23.4 Å². The molecule has 1 amide bonds. The van der Waals surface area contributed by atoms with E-state index in [2.05, 4.69) is 14.9 Å². The Kier molecular flexibility index (Phi) is 8.69. The first-order chi connectivity index (χ1) is 17.6. The zero-order valence-electron chi connectivity index (χ0n) is 20.2. The Morgan fingerprint density at radius 2 is 1.67 bits per heavy atom. The first-order valence-electron chi connectivity index (χ1n) is 11.9. The molecule has 36 heavy (non-hydrogen) atoms. The van der Waals surface area contributed by atoms with Crippen LogP contribution in [0.3, 0.4) is 0 Å². The predicted octanol–water partition coefficient (Wildman–Crippen LogP) is 3.83. The second-order valence-electron chi connectivity index (χ2n) is 7.98. The van der Waals surface area contributed by atoms with Gasteiger partial charge in [0.1, 0.15) is 24.8 Å². The number of hydrogen-bond acceptors (Lipinski definition) is 7. The lowest BCUT2D eigenvalue weighted by molar-refractivity contribution is -0.126. The Hall–Kier alpha value is -4.14. The lowest BCUT2D eigenvalue weighted by Crippen LogP contribution is -2.48. The van der Waals surface area contributed by atoms with Gasteiger partial charge < -0.3 is 24.0 Å². The van der Waals surface area contributed by atoms with Crippen molar-refractivity contribution in [2.75, 3.05) is 50.9 Å². The molecule has 3 aromatic rings. The Labute approximate surface area is 209 Å². The summed E-state index contributed by atoms with van der Waals surface area (Å²) in [5, 5.41) is 0. The van der Waals surface area contributed by atoms with Gasteiger partial charge in [0.05, 0.1) is 6.61 Å². The molecule has 0 aliphatic carbocycles. The van der Waals surface area contributed by atoms with E-state index in [1.165, 1.54) is 12.1 Å². The van der Waals surface area contributed by atoms with E-state index in [1.54, 1.807) is 42.7 Å². The third-order valence-electron chi connectivity index (χ3n) is 5.54. The molecule has 0 radical (unpaired) electrons. The van der Waals surface area contributed by atoms with E-state index >= 15 is 0 Å². The minimum absolute atomic E-state index is 0.0418. The lowest BCUT2D eigenvalue weighted by Gasteiger charge is -2.34. The molecule has 188 valence electrons. The SMILES string of the molecule is CCOc1cc(/C=C/C(=O)N2CCN(c3ncccn3)CC2)ccc1OCCOc1ccc(F)cc1. The quantitative estimate of drug-likeness (QED) is 0.314. The Bertz CT molecular complexity index is 1150. The van der Waals surface area contributed by atoms with Gasteiger partial charge in [-0.15, -0.1) is 0 Å². The number of benzene rings is 2. The molecular formula is C27H29FN4O4. The molecule has 9 heteroatoms. The van der Waals surface area contributed by atoms with Crippen molar-refractivity contribution in [2.24, 2.45) is 0 Å². The molecule has 0 bridgehead atoms. The topological polar surface area (TPSA) is 77.0 Å². The van der Waals surface area contributed by atoms with Gasteiger partial charge in [-0.2, -0.15) is 0 Å². The van der Waals surface area contributed by atoms with Crippen molar-refractivity contribution in [3.63, 3.8) is 0 Å². The van der Waals surface area contributed by atoms with Gasteiger partial charge in [0.15, 0.2) is 11.5 Å². The van der Waals surface area contributed by atoms with Crippen molar-refractivity contribution in [3.05, 3.63) is 78.4 Å². The second kappa shape index (κ2) is 12.5. The van der Waals surface area contributed by atoms with Crippen molar-refractivity contribution in [3.8, 4) is 17.2 Å². The van der Waals surface area contributed by atoms with Crippen LogP contribution in [0, 0.1) is 5.82 Å². The van der Waals surface area contributed by atoms with Crippen LogP contribution in [0.25, 0.3) is 6.08 Å². The van der Waals surface area contributed by atoms with Crippen LogP contribution in [-0.4, -0.2) is 66.8 Å². The van der Waals surface area contributed by atoms with E-state index in [4.69, 9.17) is 14.2 Å². The average Bonchev–Trinajstić information content (AvgIpc) is 2.92. The summed E-state index contributed by atoms with van der Waals surface area (Å²) in [6, 6.07) is 13.1. The number of anilines is 1. The molecule has 2 aromatic carbocycles. The first kappa shape index (κ1) is 25.0. The van der Waals surface area contributed by atoms with Gasteiger partial charge in [0.25, 0.3) is 0 Å². The molecule has 8 nitrogen and oxygen atoms in total. The third kappa shape index (κ3) is 6.94. The van der Waals surface area contributed by atoms with E-state index in [-0.39, 0.29) is 11.7 Å². The molecule has 0 unspecified atom stereocenters. The summed E-state index contributed by atoms with van der Waals surface area (Å²) in [5.74, 6) is 2.09. The van der Waals surface area contributed by atoms with Crippen LogP contribution in [0.15, 0.2) is 67.0 Å². The number of ether oxygens (including phenoxy) is 3. The monoisotopic (exact) mass is 492 g/mol. The zero-order chi connectivity index (χ0) is 25.2. The summed E-state index contributed by atoms with van der Waals surface area (Å²) in [5.41, 5.74) is 0.832. The summed E-state index contributed by atoms with van der Waals surface area (Å²) >= 11 is 0. The molecule has 2 heterocycles. The third-order valence-corrected chi connectivity index (χ3v) is 5.54. The molecule has 0 atom stereocenters. The maximum atomic E-state index is 13.0. The Balaban J connectivity index is 1.28. The molecule has 0 saturated carbocycles. The highest BCUT2D eigenvalue weighted by Gasteiger charge is 2.21. The van der Waals surface area contributed by atoms with Gasteiger partial charge in [0, 0.05) is 44.6 Å². The Morgan fingerprint density at radius 3 is 2.39 bits per heavy atom. The number of halogens is 1. The summed E-state index contributed by atoms with van der Waals surface area (Å²) < 4.78 is 30.1. The number of aromatic nitrogens is 2. The Morgan fingerprint density at radius 1 is 0.944 bits per heavy atom. The highest BCUT2D eigenvalue weighted by Crippen LogP contribution is 2.29. The standard InChI is InChI=1S/C27H29FN4O4/c1-2-34-25-20-21(4-10-24(25)36-19-18-35-23-8-6-22(28)7-9-23)5-11-26(33)31-14-16-32(17-15-31)27-29-12-3-13-30-27/h3-13,20H,2,14-19H2,1H3/b11-5+. The molecule has 1 saturated heterocycles. The van der Waals surface area contributed by atoms with Gasteiger partial charge >= 0.3 is 0 Å². The fraction of sp³-hybridized carbons (Fsp3) is 0.296. The lowest BCUT2D eigenvalue weighted by atomic mass is 10.2. The normalized spacial score (nSPS) is 13.6. The van der Waals surface area contributed by atoms with Crippen LogP contribution >= 0.6 is 0 Å². The molecule has 0 N–H and O–H groups in total. The number of piperazine rings is 1. The number of hydrogen-bond donors (Lipinski definition) is 0. The highest BCUT2D eigenvalue weighted by atomic mass is 19.1. The molecule has 0 spiro atoms. The van der Waals surface area contributed by atoms with Gasteiger partial charge in [0.2, 0.25) is 11.9 Å². The second-order valence-corrected chi connectivity index (χ2v) is 7.98. The van der Waals surface area contributed by atoms with Gasteiger partial charge in [-0.3, -0.25) is 4.79 Å². The van der Waals surface area contributed by atoms with Crippen LogP contribution in [0.2, 0.25) is 0 Å². The number of carbonyl (C=O) groups excluding carboxylic acids is 1. The highest BCUT2D eigenvalue weighted by molar-refractivity contribution is 5.92. The number of amides is 1. The van der Waals surface area contributed by atoms with E-state index in [0.717, 1.165) is 5.56 Å². The summed E-state index contributed by atoms with van der Waals surface area (Å²) in [6.07, 6.45) is 6.80. The van der Waals surface area contributed by atoms with Crippen LogP contribution in [0.4, 0.5) is 10.3 Å². The summed E-state index contributed by atoms with van der Waals surface area (Å²) in [7, 11) is 0. The summed E-state index contributed by atoms with van der Waals surface area (Å²) in [4.78, 5) is 25.1. The first-order valence-corrected chi connectivity index (χ1v) is 11.9. The molecular weight excluding hydrogens is 463 g/mol. The van der Waals surface area contributed by atoms with Crippen molar-refractivity contribution in [1.29, 1.82) is 0 Å². The minimum atomic E-state index is -0.309. The minimum Gasteiger partial charge on any atom is -0.490 e. The van der Waals surface area contributed by atoms with Crippen molar-refractivity contribution in [1.82, 2.24) is 14.9 Å². The van der Waals surface area contributed by atoms with Gasteiger partial charge in [-0.25, -0.2) is 14.4 Å². The number of rotatable bonds is 10. The van der Waals surface area contributed by atoms with Crippen molar-refractivity contribution in [2.45, 2.75) is 6.92 Å². The molecule has 1 aromatic heterocycles. The van der Waals surface area contributed by atoms with Crippen LogP contribution in [0.1, 0.15) is 12.5 Å². The molecule has 1 aliphatic heterocycles. The van der Waals surface area contributed by atoms with E-state index in [0.29, 0.717) is 69.2 Å². The van der Waals surface area contributed by atoms with Crippen LogP contribution < -0.4 is 19.1 Å². The van der Waals surface area contributed by atoms with E-state index in [1.807, 2.05) is 30.0 Å². The zero-order valence-corrected chi connectivity index (χ0v) is 20.2. The maximum Gasteiger partial charge on any atom is 0.246 e. The molecule has 1 fully saturated rings. The van der Waals surface area contributed by atoms with E-state index < -0.39 is 0 Å². The molecule has 4 rings (SSSR count). The number of carbonyl (C=O) groups is 1. The predicted molar refractivity (Wildman–Crippen MR) is 135 cm³/mol.